The molecule has 6 heteroatoms. The Labute approximate surface area is 136 Å². The molecule has 1 atom stereocenters. The molecule has 1 aromatic carbocycles. The van der Waals surface area contributed by atoms with E-state index in [0.717, 1.165) is 0 Å². The normalized spacial score (nSPS) is 20.1. The summed E-state index contributed by atoms with van der Waals surface area (Å²) in [6.45, 7) is 4.76. The lowest BCUT2D eigenvalue weighted by Crippen LogP contribution is -2.54. The fourth-order valence-electron chi connectivity index (χ4n) is 2.64. The number of carbonyl (C=O) groups excluding carboxylic acids is 1. The molecule has 1 aliphatic heterocycles. The van der Waals surface area contributed by atoms with E-state index >= 15 is 0 Å². The minimum atomic E-state index is -0.905. The Morgan fingerprint density at radius 2 is 2.17 bits per heavy atom. The summed E-state index contributed by atoms with van der Waals surface area (Å²) < 4.78 is 11.0. The number of hydrogen-bond donors (Lipinski definition) is 1. The van der Waals surface area contributed by atoms with Gasteiger partial charge in [-0.1, -0.05) is 13.0 Å². The first-order valence-corrected chi connectivity index (χ1v) is 7.76. The van der Waals surface area contributed by atoms with Crippen LogP contribution in [0, 0.1) is 0 Å². The van der Waals surface area contributed by atoms with E-state index in [-0.39, 0.29) is 12.3 Å². The first-order chi connectivity index (χ1) is 10.9. The number of benzene rings is 1. The van der Waals surface area contributed by atoms with Crippen LogP contribution in [0.3, 0.4) is 0 Å². The Morgan fingerprint density at radius 1 is 1.43 bits per heavy atom. The number of methoxy groups -OCH3 is 1. The number of anilines is 1. The molecule has 0 saturated carbocycles. The van der Waals surface area contributed by atoms with E-state index in [9.17, 15) is 9.59 Å². The third kappa shape index (κ3) is 3.64. The third-order valence-electron chi connectivity index (χ3n) is 4.11. The van der Waals surface area contributed by atoms with Crippen LogP contribution in [0.1, 0.15) is 32.3 Å². The van der Waals surface area contributed by atoms with Crippen molar-refractivity contribution in [1.29, 1.82) is 0 Å². The van der Waals surface area contributed by atoms with Crippen LogP contribution in [0.2, 0.25) is 0 Å². The maximum absolute atomic E-state index is 12.8. The molecule has 0 radical (unpaired) electrons. The van der Waals surface area contributed by atoms with Gasteiger partial charge in [0.05, 0.1) is 12.1 Å². The van der Waals surface area contributed by atoms with Crippen molar-refractivity contribution in [3.05, 3.63) is 23.8 Å². The molecular weight excluding hydrogens is 298 g/mol. The molecule has 6 nitrogen and oxygen atoms in total. The topological polar surface area (TPSA) is 76.1 Å². The number of carboxylic acid groups (broad SMARTS) is 1. The van der Waals surface area contributed by atoms with Crippen LogP contribution in [-0.2, 0) is 20.7 Å². The number of rotatable bonds is 7. The Hall–Kier alpha value is -2.08. The summed E-state index contributed by atoms with van der Waals surface area (Å²) in [5.41, 5.74) is 0.384. The fraction of sp³-hybridized carbons (Fsp3) is 0.529. The van der Waals surface area contributed by atoms with Crippen molar-refractivity contribution in [2.45, 2.75) is 38.7 Å². The zero-order chi connectivity index (χ0) is 17.0. The number of fused-ring (bicyclic) bond motifs is 1. The van der Waals surface area contributed by atoms with E-state index in [2.05, 4.69) is 0 Å². The van der Waals surface area contributed by atoms with E-state index < -0.39 is 11.6 Å². The van der Waals surface area contributed by atoms with Gasteiger partial charge in [0.15, 0.2) is 5.60 Å². The average molecular weight is 321 g/mol. The molecule has 1 aliphatic rings. The average Bonchev–Trinajstić information content (AvgIpc) is 2.51. The Kier molecular flexibility index (Phi) is 5.26. The molecule has 1 heterocycles. The molecule has 1 N–H and O–H groups in total. The summed E-state index contributed by atoms with van der Waals surface area (Å²) in [6, 6.07) is 5.20. The van der Waals surface area contributed by atoms with E-state index in [1.54, 1.807) is 37.1 Å². The molecule has 0 bridgehead atoms. The summed E-state index contributed by atoms with van der Waals surface area (Å²) in [5.74, 6) is -0.395. The van der Waals surface area contributed by atoms with E-state index in [1.807, 2.05) is 6.92 Å². The molecule has 1 unspecified atom stereocenters. The molecule has 0 spiro atoms. The minimum Gasteiger partial charge on any atom is -0.481 e. The second-order valence-electron chi connectivity index (χ2n) is 5.86. The van der Waals surface area contributed by atoms with Crippen molar-refractivity contribution in [3.63, 3.8) is 0 Å². The largest absolute Gasteiger partial charge is 0.481 e. The Morgan fingerprint density at radius 3 is 2.78 bits per heavy atom. The number of ether oxygens (including phenoxy) is 2. The van der Waals surface area contributed by atoms with Crippen molar-refractivity contribution in [2.24, 2.45) is 0 Å². The van der Waals surface area contributed by atoms with Gasteiger partial charge in [0.25, 0.3) is 5.91 Å². The van der Waals surface area contributed by atoms with Gasteiger partial charge >= 0.3 is 5.97 Å². The van der Waals surface area contributed by atoms with Gasteiger partial charge in [0.1, 0.15) is 5.75 Å². The highest BCUT2D eigenvalue weighted by molar-refractivity contribution is 6.02. The quantitative estimate of drug-likeness (QED) is 0.780. The summed E-state index contributed by atoms with van der Waals surface area (Å²) >= 11 is 0. The number of amides is 1. The van der Waals surface area contributed by atoms with E-state index in [0.29, 0.717) is 43.0 Å². The summed E-state index contributed by atoms with van der Waals surface area (Å²) in [4.78, 5) is 25.4. The van der Waals surface area contributed by atoms with Crippen molar-refractivity contribution in [2.75, 3.05) is 25.2 Å². The molecule has 126 valence electrons. The highest BCUT2D eigenvalue weighted by Crippen LogP contribution is 2.39. The van der Waals surface area contributed by atoms with Crippen LogP contribution in [-0.4, -0.2) is 42.8 Å². The smallest absolute Gasteiger partial charge is 0.307 e. The van der Waals surface area contributed by atoms with E-state index in [1.165, 1.54) is 0 Å². The predicted molar refractivity (Wildman–Crippen MR) is 86.0 cm³/mol. The second-order valence-corrected chi connectivity index (χ2v) is 5.86. The SMILES string of the molecule is CCC1(C)Oc2ccc(CC(=O)O)cc2N(CCCOC)C1=O. The molecule has 1 aromatic rings. The highest BCUT2D eigenvalue weighted by atomic mass is 16.5. The second kappa shape index (κ2) is 7.00. The van der Waals surface area contributed by atoms with Crippen LogP contribution in [0.4, 0.5) is 5.69 Å². The van der Waals surface area contributed by atoms with Crippen LogP contribution < -0.4 is 9.64 Å². The third-order valence-corrected chi connectivity index (χ3v) is 4.11. The Bertz CT molecular complexity index is 601. The van der Waals surface area contributed by atoms with E-state index in [4.69, 9.17) is 14.6 Å². The first kappa shape index (κ1) is 17.3. The van der Waals surface area contributed by atoms with Crippen LogP contribution in [0.25, 0.3) is 0 Å². The van der Waals surface area contributed by atoms with Gasteiger partial charge in [-0.25, -0.2) is 0 Å². The van der Waals surface area contributed by atoms with Crippen LogP contribution in [0.5, 0.6) is 5.75 Å². The number of carboxylic acids is 1. The van der Waals surface area contributed by atoms with Gasteiger partial charge in [-0.05, 0) is 37.5 Å². The van der Waals surface area contributed by atoms with Crippen molar-refractivity contribution in [3.8, 4) is 5.75 Å². The standard InChI is InChI=1S/C17H23NO5/c1-4-17(2)16(21)18(8-5-9-22-3)13-10-12(11-15(19)20)6-7-14(13)23-17/h6-7,10H,4-5,8-9,11H2,1-3H3,(H,19,20). The molecule has 0 aromatic heterocycles. The first-order valence-electron chi connectivity index (χ1n) is 7.76. The molecule has 0 saturated heterocycles. The van der Waals surface area contributed by atoms with Crippen molar-refractivity contribution >= 4 is 17.6 Å². The zero-order valence-corrected chi connectivity index (χ0v) is 13.8. The molecule has 2 rings (SSSR count). The number of aliphatic carboxylic acids is 1. The summed E-state index contributed by atoms with van der Waals surface area (Å²) in [5, 5.41) is 8.96. The van der Waals surface area contributed by atoms with Crippen LogP contribution in [0.15, 0.2) is 18.2 Å². The van der Waals surface area contributed by atoms with Crippen molar-refractivity contribution < 1.29 is 24.2 Å². The Balaban J connectivity index is 2.38. The molecule has 1 amide bonds. The molecular formula is C17H23NO5. The van der Waals surface area contributed by atoms with Gasteiger partial charge < -0.3 is 19.5 Å². The summed E-state index contributed by atoms with van der Waals surface area (Å²) in [7, 11) is 1.62. The van der Waals surface area contributed by atoms with Crippen molar-refractivity contribution in [1.82, 2.24) is 0 Å². The molecule has 0 fully saturated rings. The molecule has 0 aliphatic carbocycles. The van der Waals surface area contributed by atoms with Crippen LogP contribution >= 0.6 is 0 Å². The molecule has 23 heavy (non-hydrogen) atoms. The predicted octanol–water partition coefficient (Wildman–Crippen LogP) is 2.24. The lowest BCUT2D eigenvalue weighted by molar-refractivity contribution is -0.136. The zero-order valence-electron chi connectivity index (χ0n) is 13.8. The maximum atomic E-state index is 12.8. The van der Waals surface area contributed by atoms with Gasteiger partial charge in [-0.15, -0.1) is 0 Å². The minimum absolute atomic E-state index is 0.0849. The number of nitrogens with zero attached hydrogens (tertiary/aromatic N) is 1. The monoisotopic (exact) mass is 321 g/mol. The van der Waals surface area contributed by atoms with Gasteiger partial charge in [-0.3, -0.25) is 9.59 Å². The van der Waals surface area contributed by atoms with Gasteiger partial charge in [0.2, 0.25) is 0 Å². The van der Waals surface area contributed by atoms with Gasteiger partial charge in [-0.2, -0.15) is 0 Å². The highest BCUT2D eigenvalue weighted by Gasteiger charge is 2.43. The lowest BCUT2D eigenvalue weighted by atomic mass is 9.97. The maximum Gasteiger partial charge on any atom is 0.307 e. The lowest BCUT2D eigenvalue weighted by Gasteiger charge is -2.40. The number of carbonyl (C=O) groups is 2. The summed E-state index contributed by atoms with van der Waals surface area (Å²) in [6.07, 6.45) is 1.17. The fourth-order valence-corrected chi connectivity index (χ4v) is 2.64. The van der Waals surface area contributed by atoms with Gasteiger partial charge in [0, 0.05) is 20.3 Å². The number of hydrogen-bond acceptors (Lipinski definition) is 4.